The quantitative estimate of drug-likeness (QED) is 0.387. The first-order valence-electron chi connectivity index (χ1n) is 13.7. The molecule has 0 spiro atoms. The van der Waals surface area contributed by atoms with E-state index < -0.39 is 71.2 Å². The number of pyridine rings is 2. The summed E-state index contributed by atoms with van der Waals surface area (Å²) in [4.78, 5) is 19.5. The van der Waals surface area contributed by atoms with Gasteiger partial charge in [0.25, 0.3) is 6.43 Å². The summed E-state index contributed by atoms with van der Waals surface area (Å²) >= 11 is 0. The van der Waals surface area contributed by atoms with E-state index in [-0.39, 0.29) is 54.6 Å². The summed E-state index contributed by atoms with van der Waals surface area (Å²) in [5.74, 6) is -2.17. The monoisotopic (exact) mass is 615 g/mol. The number of nitrogens with zero attached hydrogens (tertiary/aromatic N) is 6. The summed E-state index contributed by atoms with van der Waals surface area (Å²) < 4.78 is 112. The van der Waals surface area contributed by atoms with Gasteiger partial charge in [-0.05, 0) is 44.9 Å². The number of hydrogen-bond acceptors (Lipinski definition) is 9. The topological polar surface area (TPSA) is 103 Å². The van der Waals surface area contributed by atoms with E-state index in [1.165, 1.54) is 4.90 Å². The minimum Gasteiger partial charge on any atom is -0.475 e. The number of aryl methyl sites for hydroxylation is 1. The molecule has 3 aromatic rings. The van der Waals surface area contributed by atoms with Gasteiger partial charge in [-0.1, -0.05) is 0 Å². The van der Waals surface area contributed by atoms with E-state index in [2.05, 4.69) is 19.9 Å². The summed E-state index contributed by atoms with van der Waals surface area (Å²) in [6, 6.07) is -0.136. The van der Waals surface area contributed by atoms with Gasteiger partial charge in [0, 0.05) is 13.0 Å². The van der Waals surface area contributed by atoms with Crippen molar-refractivity contribution in [3.05, 3.63) is 23.0 Å². The van der Waals surface area contributed by atoms with Crippen LogP contribution in [0.5, 0.6) is 11.9 Å². The maximum atomic E-state index is 16.4. The molecule has 2 N–H and O–H groups in total. The lowest BCUT2D eigenvalue weighted by molar-refractivity contribution is -0.137. The van der Waals surface area contributed by atoms with Gasteiger partial charge >= 0.3 is 12.2 Å². The Labute approximate surface area is 241 Å². The maximum absolute atomic E-state index is 16.4. The van der Waals surface area contributed by atoms with Gasteiger partial charge in [0.15, 0.2) is 5.82 Å². The number of fused-ring (bicyclic) bond motifs is 1. The predicted molar refractivity (Wildman–Crippen MR) is 142 cm³/mol. The Kier molecular flexibility index (Phi) is 7.17. The number of hydrogen-bond donors (Lipinski definition) is 1. The number of nitrogen functional groups attached to an aromatic ring is 1. The lowest BCUT2D eigenvalue weighted by atomic mass is 9.95. The molecule has 0 aromatic carbocycles. The first-order chi connectivity index (χ1) is 20.3. The molecule has 3 aliphatic rings. The van der Waals surface area contributed by atoms with Gasteiger partial charge in [0.2, 0.25) is 5.88 Å². The van der Waals surface area contributed by atoms with Crippen molar-refractivity contribution in [3.8, 4) is 23.3 Å². The highest BCUT2D eigenvalue weighted by atomic mass is 19.4. The number of halogens is 7. The molecular formula is C27H28F7N7O2. The Morgan fingerprint density at radius 1 is 1.19 bits per heavy atom. The van der Waals surface area contributed by atoms with Crippen molar-refractivity contribution in [1.29, 1.82) is 0 Å². The zero-order chi connectivity index (χ0) is 30.8. The Bertz CT molecular complexity index is 1570. The second-order valence-corrected chi connectivity index (χ2v) is 11.3. The van der Waals surface area contributed by atoms with Crippen LogP contribution in [0.2, 0.25) is 0 Å². The van der Waals surface area contributed by atoms with Crippen LogP contribution in [0.25, 0.3) is 22.3 Å². The normalized spacial score (nSPS) is 24.0. The van der Waals surface area contributed by atoms with Gasteiger partial charge in [-0.3, -0.25) is 4.90 Å². The molecule has 43 heavy (non-hydrogen) atoms. The molecule has 0 aliphatic carbocycles. The van der Waals surface area contributed by atoms with Gasteiger partial charge in [0.1, 0.15) is 53.3 Å². The highest BCUT2D eigenvalue weighted by Gasteiger charge is 2.49. The smallest absolute Gasteiger partial charge is 0.418 e. The largest absolute Gasteiger partial charge is 0.475 e. The Balaban J connectivity index is 1.55. The Morgan fingerprint density at radius 3 is 2.67 bits per heavy atom. The van der Waals surface area contributed by atoms with Crippen molar-refractivity contribution >= 4 is 22.5 Å². The van der Waals surface area contributed by atoms with Crippen LogP contribution >= 0.6 is 0 Å². The molecule has 6 heterocycles. The molecular weight excluding hydrogens is 587 g/mol. The molecule has 0 unspecified atom stereocenters. The lowest BCUT2D eigenvalue weighted by Gasteiger charge is -2.31. The van der Waals surface area contributed by atoms with Crippen LogP contribution in [0.15, 0.2) is 6.07 Å². The summed E-state index contributed by atoms with van der Waals surface area (Å²) in [6.45, 7) is 2.55. The van der Waals surface area contributed by atoms with E-state index in [4.69, 9.17) is 15.2 Å². The van der Waals surface area contributed by atoms with E-state index in [0.717, 1.165) is 19.4 Å². The number of aromatic nitrogens is 4. The predicted octanol–water partition coefficient (Wildman–Crippen LogP) is 4.94. The number of anilines is 2. The van der Waals surface area contributed by atoms with E-state index in [9.17, 15) is 26.3 Å². The highest BCUT2D eigenvalue weighted by Crippen LogP contribution is 2.45. The van der Waals surface area contributed by atoms with Crippen molar-refractivity contribution in [1.82, 2.24) is 24.8 Å². The molecule has 0 radical (unpaired) electrons. The van der Waals surface area contributed by atoms with E-state index in [1.807, 2.05) is 4.90 Å². The third-order valence-corrected chi connectivity index (χ3v) is 8.29. The molecule has 232 valence electrons. The average Bonchev–Trinajstić information content (AvgIpc) is 3.40. The van der Waals surface area contributed by atoms with Crippen LogP contribution in [0.1, 0.15) is 37.3 Å². The van der Waals surface area contributed by atoms with E-state index in [1.54, 1.807) is 6.92 Å². The van der Waals surface area contributed by atoms with Gasteiger partial charge in [0.05, 0.1) is 23.7 Å². The Morgan fingerprint density at radius 2 is 1.95 bits per heavy atom. The van der Waals surface area contributed by atoms with Crippen LogP contribution in [0.4, 0.5) is 42.4 Å². The number of ether oxygens (including phenoxy) is 2. The fourth-order valence-corrected chi connectivity index (χ4v) is 6.43. The highest BCUT2D eigenvalue weighted by molar-refractivity contribution is 5.97. The summed E-state index contributed by atoms with van der Waals surface area (Å²) in [5.41, 5.74) is 1.27. The van der Waals surface area contributed by atoms with E-state index >= 15 is 4.39 Å². The molecule has 3 aromatic heterocycles. The van der Waals surface area contributed by atoms with Crippen LogP contribution < -0.4 is 20.1 Å². The van der Waals surface area contributed by atoms with Gasteiger partial charge in [-0.15, -0.1) is 0 Å². The molecule has 0 amide bonds. The first kappa shape index (κ1) is 29.4. The fourth-order valence-electron chi connectivity index (χ4n) is 6.43. The van der Waals surface area contributed by atoms with Crippen LogP contribution in [0, 0.1) is 12.7 Å². The zero-order valence-corrected chi connectivity index (χ0v) is 23.2. The molecule has 2 saturated heterocycles. The maximum Gasteiger partial charge on any atom is 0.418 e. The Hall–Kier alpha value is -3.69. The van der Waals surface area contributed by atoms with Gasteiger partial charge < -0.3 is 20.1 Å². The lowest BCUT2D eigenvalue weighted by Crippen LogP contribution is -2.43. The molecule has 3 atom stereocenters. The minimum absolute atomic E-state index is 0.0557. The molecule has 3 aliphatic heterocycles. The fraction of sp³-hybridized carbons (Fsp3) is 0.556. The van der Waals surface area contributed by atoms with Crippen LogP contribution in [-0.4, -0.2) is 81.9 Å². The van der Waals surface area contributed by atoms with Crippen molar-refractivity contribution in [2.45, 2.75) is 63.5 Å². The molecule has 16 heteroatoms. The van der Waals surface area contributed by atoms with Crippen molar-refractivity contribution in [2.24, 2.45) is 0 Å². The third kappa shape index (κ3) is 5.12. The summed E-state index contributed by atoms with van der Waals surface area (Å²) in [6.07, 6.45) is -7.16. The van der Waals surface area contributed by atoms with Crippen LogP contribution in [-0.2, 0) is 6.18 Å². The summed E-state index contributed by atoms with van der Waals surface area (Å²) in [7, 11) is 0. The first-order valence-corrected chi connectivity index (χ1v) is 13.7. The van der Waals surface area contributed by atoms with Gasteiger partial charge in [-0.25, -0.2) is 27.5 Å². The van der Waals surface area contributed by atoms with Crippen LogP contribution in [0.3, 0.4) is 0 Å². The standard InChI is InChI=1S/C27H28F7N7O2/c1-12-6-16(35)36-21(18(12)27(32,33)34)22-19(31)20-17-23(41(9-15(29)30)13(2)10-42-24(17)37-22)39-25(38-20)43-11-26-4-3-5-40(26)8-14(28)7-26/h6,13-15H,3-5,7-11H2,1-2H3,(H2,35,36)/t13-,14+,26-/m0/s1. The average molecular weight is 616 g/mol. The SMILES string of the molecule is Cc1cc(N)nc(-c2nc3c4c(nc(OC[C@@]56CCCN5C[C@H](F)C6)nc4c2F)N(CC(F)F)[C@@H](C)CO3)c1C(F)(F)F. The number of nitrogens with two attached hydrogens (primary N) is 1. The minimum atomic E-state index is -4.95. The van der Waals surface area contributed by atoms with E-state index in [0.29, 0.717) is 13.0 Å². The van der Waals surface area contributed by atoms with Crippen molar-refractivity contribution < 1.29 is 40.2 Å². The number of alkyl halides is 6. The molecule has 2 fully saturated rings. The van der Waals surface area contributed by atoms with Crippen molar-refractivity contribution in [3.63, 3.8) is 0 Å². The molecule has 6 rings (SSSR count). The number of rotatable bonds is 6. The van der Waals surface area contributed by atoms with Gasteiger partial charge in [-0.2, -0.15) is 23.1 Å². The third-order valence-electron chi connectivity index (χ3n) is 8.29. The second kappa shape index (κ2) is 10.5. The summed E-state index contributed by atoms with van der Waals surface area (Å²) in [5, 5.41) is -0.210. The zero-order valence-electron chi connectivity index (χ0n) is 23.2. The molecule has 0 saturated carbocycles. The molecule has 9 nitrogen and oxygen atoms in total. The van der Waals surface area contributed by atoms with Crippen molar-refractivity contribution in [2.75, 3.05) is 43.5 Å². The second-order valence-electron chi connectivity index (χ2n) is 11.3. The molecule has 0 bridgehead atoms.